The predicted molar refractivity (Wildman–Crippen MR) is 81.8 cm³/mol. The lowest BCUT2D eigenvalue weighted by molar-refractivity contribution is 0.309. The Bertz CT molecular complexity index is 407. The standard InChI is InChI=1S/C17H26N2/c1-14-6-8-16(9-7-14)18-11-13-19-12-10-15-4-2-3-5-17(15)19/h2-5,14,16,18H,6-13H2,1H3. The number of hydrogen-bond donors (Lipinski definition) is 1. The maximum atomic E-state index is 3.76. The molecule has 0 saturated heterocycles. The molecule has 1 fully saturated rings. The van der Waals surface area contributed by atoms with Crippen LogP contribution >= 0.6 is 0 Å². The zero-order valence-corrected chi connectivity index (χ0v) is 12.1. The summed E-state index contributed by atoms with van der Waals surface area (Å²) >= 11 is 0. The van der Waals surface area contributed by atoms with E-state index < -0.39 is 0 Å². The fourth-order valence-corrected chi connectivity index (χ4v) is 3.51. The molecule has 1 N–H and O–H groups in total. The van der Waals surface area contributed by atoms with Crippen molar-refractivity contribution in [1.82, 2.24) is 5.32 Å². The molecule has 0 aromatic heterocycles. The first-order valence-electron chi connectivity index (χ1n) is 7.89. The molecule has 2 nitrogen and oxygen atoms in total. The number of rotatable bonds is 4. The average Bonchev–Trinajstić information content (AvgIpc) is 2.85. The van der Waals surface area contributed by atoms with Gasteiger partial charge in [-0.05, 0) is 49.7 Å². The van der Waals surface area contributed by atoms with Gasteiger partial charge in [0, 0.05) is 31.4 Å². The van der Waals surface area contributed by atoms with Crippen LogP contribution in [0.3, 0.4) is 0 Å². The normalized spacial score (nSPS) is 26.5. The molecule has 0 unspecified atom stereocenters. The summed E-state index contributed by atoms with van der Waals surface area (Å²) in [7, 11) is 0. The van der Waals surface area contributed by atoms with E-state index in [1.165, 1.54) is 49.9 Å². The summed E-state index contributed by atoms with van der Waals surface area (Å²) in [6.07, 6.45) is 6.78. The molecule has 0 bridgehead atoms. The van der Waals surface area contributed by atoms with E-state index in [1.807, 2.05) is 0 Å². The van der Waals surface area contributed by atoms with Gasteiger partial charge in [-0.15, -0.1) is 0 Å². The molecule has 1 heterocycles. The highest BCUT2D eigenvalue weighted by Gasteiger charge is 2.20. The first-order valence-corrected chi connectivity index (χ1v) is 7.89. The van der Waals surface area contributed by atoms with Crippen molar-refractivity contribution in [3.8, 4) is 0 Å². The van der Waals surface area contributed by atoms with Crippen LogP contribution in [-0.2, 0) is 6.42 Å². The number of para-hydroxylation sites is 1. The summed E-state index contributed by atoms with van der Waals surface area (Å²) in [6, 6.07) is 9.63. The molecule has 0 amide bonds. The van der Waals surface area contributed by atoms with Crippen LogP contribution in [0.25, 0.3) is 0 Å². The van der Waals surface area contributed by atoms with Gasteiger partial charge in [0.1, 0.15) is 0 Å². The molecule has 3 rings (SSSR count). The Morgan fingerprint density at radius 2 is 1.95 bits per heavy atom. The number of benzene rings is 1. The lowest BCUT2D eigenvalue weighted by Gasteiger charge is -2.28. The second-order valence-corrected chi connectivity index (χ2v) is 6.28. The van der Waals surface area contributed by atoms with Crippen LogP contribution in [0.5, 0.6) is 0 Å². The van der Waals surface area contributed by atoms with Crippen LogP contribution in [0.15, 0.2) is 24.3 Å². The van der Waals surface area contributed by atoms with Crippen molar-refractivity contribution in [2.75, 3.05) is 24.5 Å². The first-order chi connectivity index (χ1) is 9.33. The highest BCUT2D eigenvalue weighted by Crippen LogP contribution is 2.27. The molecule has 2 heteroatoms. The minimum absolute atomic E-state index is 0.772. The molecular formula is C17H26N2. The van der Waals surface area contributed by atoms with Crippen LogP contribution in [0.4, 0.5) is 5.69 Å². The highest BCUT2D eigenvalue weighted by atomic mass is 15.2. The van der Waals surface area contributed by atoms with Gasteiger partial charge in [0.25, 0.3) is 0 Å². The Labute approximate surface area is 117 Å². The molecule has 1 aromatic rings. The Hall–Kier alpha value is -1.02. The summed E-state index contributed by atoms with van der Waals surface area (Å²) in [6.45, 7) is 5.87. The molecule has 1 aliphatic carbocycles. The zero-order chi connectivity index (χ0) is 13.1. The molecule has 0 atom stereocenters. The third-order valence-corrected chi connectivity index (χ3v) is 4.81. The smallest absolute Gasteiger partial charge is 0.0399 e. The maximum Gasteiger partial charge on any atom is 0.0399 e. The van der Waals surface area contributed by atoms with Crippen molar-refractivity contribution in [2.24, 2.45) is 5.92 Å². The molecular weight excluding hydrogens is 232 g/mol. The fraction of sp³-hybridized carbons (Fsp3) is 0.647. The van der Waals surface area contributed by atoms with Gasteiger partial charge in [-0.25, -0.2) is 0 Å². The van der Waals surface area contributed by atoms with Crippen molar-refractivity contribution < 1.29 is 0 Å². The lowest BCUT2D eigenvalue weighted by Crippen LogP contribution is -2.38. The van der Waals surface area contributed by atoms with Crippen LogP contribution in [-0.4, -0.2) is 25.7 Å². The Kier molecular flexibility index (Phi) is 4.07. The molecule has 1 aliphatic heterocycles. The van der Waals surface area contributed by atoms with Gasteiger partial charge in [0.15, 0.2) is 0 Å². The van der Waals surface area contributed by atoms with E-state index in [9.17, 15) is 0 Å². The Morgan fingerprint density at radius 1 is 1.16 bits per heavy atom. The predicted octanol–water partition coefficient (Wildman–Crippen LogP) is 3.22. The molecule has 0 spiro atoms. The summed E-state index contributed by atoms with van der Waals surface area (Å²) in [5, 5.41) is 3.76. The van der Waals surface area contributed by atoms with Gasteiger partial charge in [-0.3, -0.25) is 0 Å². The largest absolute Gasteiger partial charge is 0.370 e. The molecule has 1 aromatic carbocycles. The molecule has 0 radical (unpaired) electrons. The average molecular weight is 258 g/mol. The van der Waals surface area contributed by atoms with E-state index in [4.69, 9.17) is 0 Å². The van der Waals surface area contributed by atoms with Gasteiger partial charge in [0.05, 0.1) is 0 Å². The van der Waals surface area contributed by atoms with Gasteiger partial charge in [0.2, 0.25) is 0 Å². The zero-order valence-electron chi connectivity index (χ0n) is 12.1. The summed E-state index contributed by atoms with van der Waals surface area (Å²) in [5.74, 6) is 0.948. The van der Waals surface area contributed by atoms with Crippen molar-refractivity contribution in [1.29, 1.82) is 0 Å². The van der Waals surface area contributed by atoms with E-state index in [0.29, 0.717) is 0 Å². The van der Waals surface area contributed by atoms with E-state index in [-0.39, 0.29) is 0 Å². The van der Waals surface area contributed by atoms with Crippen molar-refractivity contribution in [3.05, 3.63) is 29.8 Å². The number of nitrogens with one attached hydrogen (secondary N) is 1. The summed E-state index contributed by atoms with van der Waals surface area (Å²) < 4.78 is 0. The number of hydrogen-bond acceptors (Lipinski definition) is 2. The quantitative estimate of drug-likeness (QED) is 0.892. The van der Waals surface area contributed by atoms with Gasteiger partial charge >= 0.3 is 0 Å². The van der Waals surface area contributed by atoms with Crippen molar-refractivity contribution in [2.45, 2.75) is 45.1 Å². The summed E-state index contributed by atoms with van der Waals surface area (Å²) in [5.41, 5.74) is 2.98. The van der Waals surface area contributed by atoms with Crippen LogP contribution in [0.2, 0.25) is 0 Å². The second-order valence-electron chi connectivity index (χ2n) is 6.28. The second kappa shape index (κ2) is 5.96. The van der Waals surface area contributed by atoms with E-state index in [2.05, 4.69) is 41.4 Å². The summed E-state index contributed by atoms with van der Waals surface area (Å²) in [4.78, 5) is 2.54. The molecule has 19 heavy (non-hydrogen) atoms. The molecule has 1 saturated carbocycles. The number of anilines is 1. The Morgan fingerprint density at radius 3 is 2.79 bits per heavy atom. The molecule has 104 valence electrons. The highest BCUT2D eigenvalue weighted by molar-refractivity contribution is 5.57. The van der Waals surface area contributed by atoms with E-state index in [1.54, 1.807) is 0 Å². The number of nitrogens with zero attached hydrogens (tertiary/aromatic N) is 1. The minimum atomic E-state index is 0.772. The van der Waals surface area contributed by atoms with Crippen LogP contribution in [0.1, 0.15) is 38.2 Å². The monoisotopic (exact) mass is 258 g/mol. The molecule has 2 aliphatic rings. The minimum Gasteiger partial charge on any atom is -0.370 e. The van der Waals surface area contributed by atoms with Crippen LogP contribution < -0.4 is 10.2 Å². The van der Waals surface area contributed by atoms with E-state index >= 15 is 0 Å². The van der Waals surface area contributed by atoms with Crippen LogP contribution in [0, 0.1) is 5.92 Å². The SMILES string of the molecule is CC1CCC(NCCN2CCc3ccccc32)CC1. The number of fused-ring (bicyclic) bond motifs is 1. The maximum absolute atomic E-state index is 3.76. The third-order valence-electron chi connectivity index (χ3n) is 4.81. The topological polar surface area (TPSA) is 15.3 Å². The lowest BCUT2D eigenvalue weighted by atomic mass is 9.87. The third kappa shape index (κ3) is 3.11. The first kappa shape index (κ1) is 13.0. The van der Waals surface area contributed by atoms with Crippen molar-refractivity contribution in [3.63, 3.8) is 0 Å². The van der Waals surface area contributed by atoms with Gasteiger partial charge in [-0.2, -0.15) is 0 Å². The van der Waals surface area contributed by atoms with Gasteiger partial charge in [-0.1, -0.05) is 25.1 Å². The Balaban J connectivity index is 1.44. The van der Waals surface area contributed by atoms with Gasteiger partial charge < -0.3 is 10.2 Å². The van der Waals surface area contributed by atoms with E-state index in [0.717, 1.165) is 25.0 Å². The fourth-order valence-electron chi connectivity index (χ4n) is 3.51. The van der Waals surface area contributed by atoms with Crippen molar-refractivity contribution >= 4 is 5.69 Å².